The van der Waals surface area contributed by atoms with E-state index in [1.54, 1.807) is 24.3 Å². The minimum atomic E-state index is -3.47. The number of nitrogens with one attached hydrogen (secondary N) is 1. The van der Waals surface area contributed by atoms with Crippen molar-refractivity contribution in [3.8, 4) is 5.75 Å². The fourth-order valence-corrected chi connectivity index (χ4v) is 1.65. The zero-order valence-corrected chi connectivity index (χ0v) is 9.10. The monoisotopic (exact) mass is 235 g/mol. The fourth-order valence-electron chi connectivity index (χ4n) is 0.924. The zero-order valence-electron chi connectivity index (χ0n) is 7.53. The van der Waals surface area contributed by atoms with E-state index in [-0.39, 0.29) is 0 Å². The first kappa shape index (κ1) is 11.1. The highest BCUT2D eigenvalue weighted by molar-refractivity contribution is 7.93. The second-order valence-electron chi connectivity index (χ2n) is 2.53. The lowest BCUT2D eigenvalue weighted by molar-refractivity contribution is 0.417. The van der Waals surface area contributed by atoms with Gasteiger partial charge in [0.25, 0.3) is 0 Å². The predicted octanol–water partition coefficient (Wildman–Crippen LogP) is 1.63. The highest BCUT2D eigenvalue weighted by Gasteiger charge is 2.10. The SMILES string of the molecule is COc1ccccc1NS(=O)(=O)CCl. The minimum absolute atomic E-state index is 0.385. The maximum atomic E-state index is 11.1. The summed E-state index contributed by atoms with van der Waals surface area (Å²) in [6, 6.07) is 6.71. The number of para-hydroxylation sites is 2. The average molecular weight is 236 g/mol. The van der Waals surface area contributed by atoms with Gasteiger partial charge in [-0.2, -0.15) is 0 Å². The second kappa shape index (κ2) is 4.52. The molecule has 0 aromatic heterocycles. The molecule has 0 heterocycles. The van der Waals surface area contributed by atoms with Crippen LogP contribution in [0.4, 0.5) is 5.69 Å². The quantitative estimate of drug-likeness (QED) is 0.808. The maximum absolute atomic E-state index is 11.1. The molecule has 0 aliphatic carbocycles. The number of anilines is 1. The lowest BCUT2D eigenvalue weighted by atomic mass is 10.3. The molecule has 0 amide bonds. The van der Waals surface area contributed by atoms with Gasteiger partial charge in [0.05, 0.1) is 12.8 Å². The number of hydrogen-bond acceptors (Lipinski definition) is 3. The molecule has 0 unspecified atom stereocenters. The van der Waals surface area contributed by atoms with Gasteiger partial charge in [0.2, 0.25) is 10.0 Å². The van der Waals surface area contributed by atoms with Crippen LogP contribution in [0.2, 0.25) is 0 Å². The van der Waals surface area contributed by atoms with Crippen LogP contribution in [-0.4, -0.2) is 20.7 Å². The molecule has 0 bridgehead atoms. The lowest BCUT2D eigenvalue weighted by Crippen LogP contribution is -2.13. The Balaban J connectivity index is 2.97. The molecule has 1 aromatic carbocycles. The summed E-state index contributed by atoms with van der Waals surface area (Å²) < 4.78 is 29.5. The smallest absolute Gasteiger partial charge is 0.246 e. The van der Waals surface area contributed by atoms with Crippen molar-refractivity contribution in [2.24, 2.45) is 0 Å². The van der Waals surface area contributed by atoms with E-state index in [0.717, 1.165) is 0 Å². The van der Waals surface area contributed by atoms with Crippen LogP contribution in [0.15, 0.2) is 24.3 Å². The number of hydrogen-bond donors (Lipinski definition) is 1. The van der Waals surface area contributed by atoms with Gasteiger partial charge in [-0.05, 0) is 12.1 Å². The molecule has 0 fully saturated rings. The van der Waals surface area contributed by atoms with Crippen molar-refractivity contribution in [3.63, 3.8) is 0 Å². The molecule has 1 N–H and O–H groups in total. The third-order valence-corrected chi connectivity index (χ3v) is 3.20. The third kappa shape index (κ3) is 2.78. The fraction of sp³-hybridized carbons (Fsp3) is 0.250. The first-order valence-electron chi connectivity index (χ1n) is 3.78. The first-order valence-corrected chi connectivity index (χ1v) is 5.97. The summed E-state index contributed by atoms with van der Waals surface area (Å²) in [7, 11) is -2.00. The number of ether oxygens (including phenoxy) is 1. The van der Waals surface area contributed by atoms with Gasteiger partial charge in [0.1, 0.15) is 11.0 Å². The van der Waals surface area contributed by atoms with E-state index < -0.39 is 15.2 Å². The largest absolute Gasteiger partial charge is 0.495 e. The lowest BCUT2D eigenvalue weighted by Gasteiger charge is -2.09. The molecule has 6 heteroatoms. The Morgan fingerprint density at radius 1 is 1.43 bits per heavy atom. The summed E-state index contributed by atoms with van der Waals surface area (Å²) in [5, 5.41) is -0.481. The third-order valence-electron chi connectivity index (χ3n) is 1.52. The van der Waals surface area contributed by atoms with Crippen LogP contribution < -0.4 is 9.46 Å². The topological polar surface area (TPSA) is 55.4 Å². The molecular weight excluding hydrogens is 226 g/mol. The van der Waals surface area contributed by atoms with Crippen LogP contribution >= 0.6 is 11.6 Å². The number of benzene rings is 1. The molecule has 0 aliphatic rings. The van der Waals surface area contributed by atoms with Crippen LogP contribution in [0, 0.1) is 0 Å². The van der Waals surface area contributed by atoms with E-state index in [1.807, 2.05) is 0 Å². The Hall–Kier alpha value is -0.940. The van der Waals surface area contributed by atoms with Crippen molar-refractivity contribution >= 4 is 27.3 Å². The Kier molecular flexibility index (Phi) is 3.60. The van der Waals surface area contributed by atoms with Crippen LogP contribution in [0.25, 0.3) is 0 Å². The first-order chi connectivity index (χ1) is 6.59. The van der Waals surface area contributed by atoms with Crippen molar-refractivity contribution in [1.29, 1.82) is 0 Å². The van der Waals surface area contributed by atoms with Crippen molar-refractivity contribution in [2.45, 2.75) is 0 Å². The predicted molar refractivity (Wildman–Crippen MR) is 56.3 cm³/mol. The standard InChI is InChI=1S/C8H10ClNO3S/c1-13-8-5-3-2-4-7(8)10-14(11,12)6-9/h2-5,10H,6H2,1H3. The molecule has 4 nitrogen and oxygen atoms in total. The molecule has 1 rings (SSSR count). The van der Waals surface area contributed by atoms with Crippen LogP contribution in [-0.2, 0) is 10.0 Å². The van der Waals surface area contributed by atoms with Gasteiger partial charge in [-0.25, -0.2) is 8.42 Å². The molecule has 0 radical (unpaired) electrons. The van der Waals surface area contributed by atoms with E-state index in [1.165, 1.54) is 7.11 Å². The zero-order chi connectivity index (χ0) is 10.6. The van der Waals surface area contributed by atoms with E-state index in [4.69, 9.17) is 16.3 Å². The molecule has 0 atom stereocenters. The Labute approximate surface area is 87.9 Å². The number of rotatable bonds is 4. The summed E-state index contributed by atoms with van der Waals surface area (Å²) in [6.07, 6.45) is 0. The van der Waals surface area contributed by atoms with E-state index in [2.05, 4.69) is 4.72 Å². The van der Waals surface area contributed by atoms with Crippen molar-refractivity contribution in [1.82, 2.24) is 0 Å². The summed E-state index contributed by atoms with van der Waals surface area (Å²) >= 11 is 5.25. The van der Waals surface area contributed by atoms with Gasteiger partial charge in [-0.3, -0.25) is 4.72 Å². The number of methoxy groups -OCH3 is 1. The molecular formula is C8H10ClNO3S. The van der Waals surface area contributed by atoms with Gasteiger partial charge in [-0.15, -0.1) is 11.6 Å². The molecule has 0 saturated carbocycles. The molecule has 0 spiro atoms. The van der Waals surface area contributed by atoms with Crippen molar-refractivity contribution < 1.29 is 13.2 Å². The average Bonchev–Trinajstić information content (AvgIpc) is 2.18. The van der Waals surface area contributed by atoms with Crippen LogP contribution in [0.1, 0.15) is 0 Å². The Morgan fingerprint density at radius 3 is 2.64 bits per heavy atom. The summed E-state index contributed by atoms with van der Waals surface area (Å²) in [5.74, 6) is 0.459. The van der Waals surface area contributed by atoms with Crippen molar-refractivity contribution in [3.05, 3.63) is 24.3 Å². The van der Waals surface area contributed by atoms with Crippen molar-refractivity contribution in [2.75, 3.05) is 17.0 Å². The van der Waals surface area contributed by atoms with Gasteiger partial charge in [-0.1, -0.05) is 12.1 Å². The molecule has 0 saturated heterocycles. The number of sulfonamides is 1. The highest BCUT2D eigenvalue weighted by atomic mass is 35.5. The van der Waals surface area contributed by atoms with Gasteiger partial charge >= 0.3 is 0 Å². The maximum Gasteiger partial charge on any atom is 0.246 e. The number of alkyl halides is 1. The van der Waals surface area contributed by atoms with Gasteiger partial charge in [0.15, 0.2) is 0 Å². The second-order valence-corrected chi connectivity index (χ2v) is 4.83. The normalized spacial score (nSPS) is 11.0. The van der Waals surface area contributed by atoms with Gasteiger partial charge in [0, 0.05) is 0 Å². The minimum Gasteiger partial charge on any atom is -0.495 e. The summed E-state index contributed by atoms with van der Waals surface area (Å²) in [6.45, 7) is 0. The summed E-state index contributed by atoms with van der Waals surface area (Å²) in [4.78, 5) is 0. The molecule has 1 aromatic rings. The van der Waals surface area contributed by atoms with Crippen LogP contribution in [0.5, 0.6) is 5.75 Å². The summed E-state index contributed by atoms with van der Waals surface area (Å²) in [5.41, 5.74) is 0.385. The van der Waals surface area contributed by atoms with E-state index in [9.17, 15) is 8.42 Å². The van der Waals surface area contributed by atoms with E-state index in [0.29, 0.717) is 11.4 Å². The van der Waals surface area contributed by atoms with Gasteiger partial charge < -0.3 is 4.74 Å². The van der Waals surface area contributed by atoms with Crippen LogP contribution in [0.3, 0.4) is 0 Å². The molecule has 14 heavy (non-hydrogen) atoms. The molecule has 0 aliphatic heterocycles. The molecule has 78 valence electrons. The van der Waals surface area contributed by atoms with E-state index >= 15 is 0 Å². The Bertz CT molecular complexity index is 405. The highest BCUT2D eigenvalue weighted by Crippen LogP contribution is 2.24. The number of halogens is 1. The Morgan fingerprint density at radius 2 is 2.07 bits per heavy atom.